The smallest absolute Gasteiger partial charge is 0.336 e. The fourth-order valence-electron chi connectivity index (χ4n) is 2.63. The fraction of sp³-hybridized carbons (Fsp3) is 0.389. The lowest BCUT2D eigenvalue weighted by molar-refractivity contribution is -0.138. The Labute approximate surface area is 168 Å². The van der Waals surface area contributed by atoms with Gasteiger partial charge in [-0.2, -0.15) is 13.2 Å². The highest BCUT2D eigenvalue weighted by Crippen LogP contribution is 2.27. The summed E-state index contributed by atoms with van der Waals surface area (Å²) in [6, 6.07) is 4.18. The zero-order valence-corrected chi connectivity index (χ0v) is 16.9. The van der Waals surface area contributed by atoms with Gasteiger partial charge in [0.15, 0.2) is 0 Å². The lowest BCUT2D eigenvalue weighted by Gasteiger charge is -2.28. The molecule has 0 aliphatic rings. The number of nitrogens with zero attached hydrogens (tertiary/aromatic N) is 3. The standard InChI is InChI=1S/C18H18F4IN3O/c1-3-26(17(27)16-13(19)5-4-6-14(16)23)11(2)7-8-15-24-9-12(10-25-15)18(20,21)22/h4-6,9-11H,3,7-8H2,1-2H3/t11-/m0/s1. The van der Waals surface area contributed by atoms with E-state index in [1.54, 1.807) is 19.9 Å². The SMILES string of the molecule is CCN(C(=O)c1c(F)cccc1I)[C@@H](C)CCc1ncc(C(F)(F)F)cn1. The zero-order chi connectivity index (χ0) is 20.2. The molecule has 0 fully saturated rings. The van der Waals surface area contributed by atoms with Gasteiger partial charge < -0.3 is 4.90 Å². The third kappa shape index (κ3) is 5.36. The van der Waals surface area contributed by atoms with Crippen LogP contribution in [-0.4, -0.2) is 33.4 Å². The number of carbonyl (C=O) groups is 1. The molecule has 0 saturated carbocycles. The van der Waals surface area contributed by atoms with Crippen molar-refractivity contribution in [2.24, 2.45) is 0 Å². The van der Waals surface area contributed by atoms with E-state index in [0.29, 0.717) is 23.0 Å². The molecule has 0 unspecified atom stereocenters. The molecule has 9 heteroatoms. The molecule has 0 aliphatic heterocycles. The molecule has 1 aromatic carbocycles. The van der Waals surface area contributed by atoms with Crippen LogP contribution in [0.5, 0.6) is 0 Å². The molecule has 1 aromatic heterocycles. The van der Waals surface area contributed by atoms with Gasteiger partial charge in [0.25, 0.3) is 5.91 Å². The Morgan fingerprint density at radius 3 is 2.41 bits per heavy atom. The number of benzene rings is 1. The summed E-state index contributed by atoms with van der Waals surface area (Å²) in [4.78, 5) is 21.8. The number of hydrogen-bond donors (Lipinski definition) is 0. The van der Waals surface area contributed by atoms with Crippen molar-refractivity contribution in [1.29, 1.82) is 0 Å². The minimum Gasteiger partial charge on any atom is -0.336 e. The van der Waals surface area contributed by atoms with E-state index in [9.17, 15) is 22.4 Å². The quantitative estimate of drug-likeness (QED) is 0.431. The van der Waals surface area contributed by atoms with Crippen LogP contribution in [0.15, 0.2) is 30.6 Å². The highest BCUT2D eigenvalue weighted by molar-refractivity contribution is 14.1. The van der Waals surface area contributed by atoms with Crippen LogP contribution < -0.4 is 0 Å². The Morgan fingerprint density at radius 2 is 1.89 bits per heavy atom. The van der Waals surface area contributed by atoms with Gasteiger partial charge in [-0.15, -0.1) is 0 Å². The van der Waals surface area contributed by atoms with Gasteiger partial charge in [0.1, 0.15) is 11.6 Å². The van der Waals surface area contributed by atoms with Gasteiger partial charge in [-0.1, -0.05) is 6.07 Å². The topological polar surface area (TPSA) is 46.1 Å². The van der Waals surface area contributed by atoms with Gasteiger partial charge >= 0.3 is 6.18 Å². The van der Waals surface area contributed by atoms with E-state index in [4.69, 9.17) is 0 Å². The Morgan fingerprint density at radius 1 is 1.26 bits per heavy atom. The summed E-state index contributed by atoms with van der Waals surface area (Å²) >= 11 is 1.91. The highest BCUT2D eigenvalue weighted by atomic mass is 127. The van der Waals surface area contributed by atoms with Crippen molar-refractivity contribution < 1.29 is 22.4 Å². The maximum atomic E-state index is 14.1. The monoisotopic (exact) mass is 495 g/mol. The normalized spacial score (nSPS) is 12.7. The molecule has 2 aromatic rings. The number of amides is 1. The molecule has 1 atom stereocenters. The highest BCUT2D eigenvalue weighted by Gasteiger charge is 2.31. The summed E-state index contributed by atoms with van der Waals surface area (Å²) in [7, 11) is 0. The lowest BCUT2D eigenvalue weighted by Crippen LogP contribution is -2.39. The fourth-order valence-corrected chi connectivity index (χ4v) is 3.32. The molecule has 2 rings (SSSR count). The van der Waals surface area contributed by atoms with Crippen molar-refractivity contribution in [3.05, 3.63) is 56.9 Å². The number of carbonyl (C=O) groups excluding carboxylic acids is 1. The second-order valence-corrected chi connectivity index (χ2v) is 7.12. The molecule has 1 heterocycles. The third-order valence-corrected chi connectivity index (χ3v) is 5.03. The number of alkyl halides is 3. The van der Waals surface area contributed by atoms with Gasteiger partial charge in [-0.3, -0.25) is 4.79 Å². The predicted octanol–water partition coefficient (Wildman–Crippen LogP) is 4.72. The summed E-state index contributed by atoms with van der Waals surface area (Å²) < 4.78 is 52.2. The van der Waals surface area contributed by atoms with Crippen molar-refractivity contribution in [2.45, 2.75) is 38.9 Å². The van der Waals surface area contributed by atoms with Crippen molar-refractivity contribution in [3.63, 3.8) is 0 Å². The maximum absolute atomic E-state index is 14.1. The number of halogens is 5. The minimum absolute atomic E-state index is 0.0255. The summed E-state index contributed by atoms with van der Waals surface area (Å²) in [5.74, 6) is -0.733. The first kappa shape index (κ1) is 21.5. The lowest BCUT2D eigenvalue weighted by atomic mass is 10.1. The van der Waals surface area contributed by atoms with Crippen LogP contribution in [0.4, 0.5) is 17.6 Å². The van der Waals surface area contributed by atoms with Crippen LogP contribution in [0.2, 0.25) is 0 Å². The van der Waals surface area contributed by atoms with Gasteiger partial charge in [0.05, 0.1) is 11.1 Å². The van der Waals surface area contributed by atoms with E-state index in [-0.39, 0.29) is 17.4 Å². The molecular formula is C18H18F4IN3O. The van der Waals surface area contributed by atoms with Gasteiger partial charge in [-0.25, -0.2) is 14.4 Å². The molecular weight excluding hydrogens is 477 g/mol. The maximum Gasteiger partial charge on any atom is 0.419 e. The van der Waals surface area contributed by atoms with Crippen LogP contribution in [0.25, 0.3) is 0 Å². The van der Waals surface area contributed by atoms with Crippen LogP contribution >= 0.6 is 22.6 Å². The number of aryl methyl sites for hydroxylation is 1. The van der Waals surface area contributed by atoms with Crippen LogP contribution in [0, 0.1) is 9.39 Å². The number of aromatic nitrogens is 2. The largest absolute Gasteiger partial charge is 0.419 e. The van der Waals surface area contributed by atoms with E-state index < -0.39 is 23.5 Å². The molecule has 0 saturated heterocycles. The van der Waals surface area contributed by atoms with Crippen LogP contribution in [0.1, 0.15) is 42.0 Å². The van der Waals surface area contributed by atoms with Gasteiger partial charge in [0.2, 0.25) is 0 Å². The molecule has 146 valence electrons. The molecule has 4 nitrogen and oxygen atoms in total. The zero-order valence-electron chi connectivity index (χ0n) is 14.7. The first-order chi connectivity index (χ1) is 12.6. The molecule has 27 heavy (non-hydrogen) atoms. The van der Waals surface area contributed by atoms with Gasteiger partial charge in [-0.05, 0) is 55.0 Å². The van der Waals surface area contributed by atoms with Gasteiger partial charge in [0, 0.05) is 35.0 Å². The van der Waals surface area contributed by atoms with E-state index in [2.05, 4.69) is 9.97 Å². The first-order valence-corrected chi connectivity index (χ1v) is 9.36. The van der Waals surface area contributed by atoms with E-state index >= 15 is 0 Å². The Hall–Kier alpha value is -1.78. The first-order valence-electron chi connectivity index (χ1n) is 8.28. The summed E-state index contributed by atoms with van der Waals surface area (Å²) in [6.45, 7) is 3.97. The summed E-state index contributed by atoms with van der Waals surface area (Å²) in [6.07, 6.45) is -2.24. The molecule has 0 aliphatic carbocycles. The average molecular weight is 495 g/mol. The van der Waals surface area contributed by atoms with E-state index in [0.717, 1.165) is 12.4 Å². The average Bonchev–Trinajstić information content (AvgIpc) is 2.60. The molecule has 0 radical (unpaired) electrons. The minimum atomic E-state index is -4.48. The van der Waals surface area contributed by atoms with E-state index in [1.165, 1.54) is 17.0 Å². The second kappa shape index (κ2) is 8.94. The van der Waals surface area contributed by atoms with Crippen LogP contribution in [0.3, 0.4) is 0 Å². The summed E-state index contributed by atoms with van der Waals surface area (Å²) in [5, 5.41) is 0. The molecule has 0 spiro atoms. The van der Waals surface area contributed by atoms with Crippen molar-refractivity contribution in [1.82, 2.24) is 14.9 Å². The van der Waals surface area contributed by atoms with Crippen LogP contribution in [-0.2, 0) is 12.6 Å². The second-order valence-electron chi connectivity index (χ2n) is 5.96. The number of rotatable bonds is 6. The third-order valence-electron chi connectivity index (χ3n) is 4.13. The van der Waals surface area contributed by atoms with E-state index in [1.807, 2.05) is 22.6 Å². The Kier molecular flexibility index (Phi) is 7.12. The molecule has 1 amide bonds. The Balaban J connectivity index is 2.07. The predicted molar refractivity (Wildman–Crippen MR) is 101 cm³/mol. The Bertz CT molecular complexity index is 776. The number of hydrogen-bond acceptors (Lipinski definition) is 3. The van der Waals surface area contributed by atoms with Crippen molar-refractivity contribution in [3.8, 4) is 0 Å². The van der Waals surface area contributed by atoms with Crippen molar-refractivity contribution >= 4 is 28.5 Å². The molecule has 0 N–H and O–H groups in total. The summed E-state index contributed by atoms with van der Waals surface area (Å²) in [5.41, 5.74) is -0.878. The van der Waals surface area contributed by atoms with Crippen molar-refractivity contribution in [2.75, 3.05) is 6.54 Å². The molecule has 0 bridgehead atoms.